The topological polar surface area (TPSA) is 39.1 Å². The molecule has 0 radical (unpaired) electrons. The minimum atomic E-state index is 0.421. The molecule has 0 spiro atoms. The summed E-state index contributed by atoms with van der Waals surface area (Å²) in [5.74, 6) is 0. The van der Waals surface area contributed by atoms with Crippen molar-refractivity contribution in [2.24, 2.45) is 7.05 Å². The van der Waals surface area contributed by atoms with Crippen LogP contribution in [0.4, 0.5) is 0 Å². The van der Waals surface area contributed by atoms with Gasteiger partial charge in [0.2, 0.25) is 0 Å². The number of nitrogens with zero attached hydrogens (tertiary/aromatic N) is 2. The fourth-order valence-electron chi connectivity index (χ4n) is 3.00. The summed E-state index contributed by atoms with van der Waals surface area (Å²) in [6, 6.07) is 0.421. The lowest BCUT2D eigenvalue weighted by Gasteiger charge is -2.17. The molecule has 108 valence electrons. The highest BCUT2D eigenvalue weighted by Crippen LogP contribution is 2.25. The Morgan fingerprint density at radius 1 is 1.58 bits per heavy atom. The first-order chi connectivity index (χ1) is 9.24. The van der Waals surface area contributed by atoms with E-state index in [9.17, 15) is 0 Å². The summed E-state index contributed by atoms with van der Waals surface area (Å²) in [5, 5.41) is 7.97. The largest absolute Gasteiger partial charge is 0.378 e. The van der Waals surface area contributed by atoms with E-state index in [2.05, 4.69) is 23.5 Å². The molecule has 1 aliphatic rings. The number of nitrogens with one attached hydrogen (secondary N) is 1. The van der Waals surface area contributed by atoms with Crippen LogP contribution in [0.2, 0.25) is 0 Å². The fraction of sp³-hybridized carbons (Fsp3) is 0.800. The fourth-order valence-corrected chi connectivity index (χ4v) is 3.00. The van der Waals surface area contributed by atoms with Crippen molar-refractivity contribution in [1.29, 1.82) is 0 Å². The second-order valence-electron chi connectivity index (χ2n) is 5.47. The van der Waals surface area contributed by atoms with Gasteiger partial charge in [0.1, 0.15) is 0 Å². The van der Waals surface area contributed by atoms with Crippen LogP contribution in [0, 0.1) is 0 Å². The van der Waals surface area contributed by atoms with Crippen molar-refractivity contribution in [2.75, 3.05) is 13.7 Å². The van der Waals surface area contributed by atoms with E-state index < -0.39 is 0 Å². The van der Waals surface area contributed by atoms with Gasteiger partial charge in [-0.3, -0.25) is 4.68 Å². The molecule has 2 heterocycles. The highest BCUT2D eigenvalue weighted by atomic mass is 16.5. The molecule has 0 saturated carbocycles. The van der Waals surface area contributed by atoms with E-state index in [1.54, 1.807) is 0 Å². The zero-order valence-electron chi connectivity index (χ0n) is 12.5. The van der Waals surface area contributed by atoms with Gasteiger partial charge in [-0.2, -0.15) is 5.10 Å². The number of hydrogen-bond donors (Lipinski definition) is 1. The van der Waals surface area contributed by atoms with Gasteiger partial charge >= 0.3 is 0 Å². The Labute approximate surface area is 116 Å². The Morgan fingerprint density at radius 2 is 2.42 bits per heavy atom. The molecule has 0 aromatic carbocycles. The smallest absolute Gasteiger partial charge is 0.0669 e. The maximum Gasteiger partial charge on any atom is 0.0669 e. The molecule has 1 saturated heterocycles. The van der Waals surface area contributed by atoms with Crippen LogP contribution in [0.15, 0.2) is 6.20 Å². The molecule has 4 heteroatoms. The van der Waals surface area contributed by atoms with Gasteiger partial charge < -0.3 is 10.1 Å². The van der Waals surface area contributed by atoms with Crippen LogP contribution >= 0.6 is 0 Å². The van der Waals surface area contributed by atoms with Gasteiger partial charge in [0.15, 0.2) is 0 Å². The SMILES string of the molecule is CCc1nn(C)cc1C(CCCC1CCCO1)NC. The van der Waals surface area contributed by atoms with Gasteiger partial charge in [-0.25, -0.2) is 0 Å². The summed E-state index contributed by atoms with van der Waals surface area (Å²) in [4.78, 5) is 0. The zero-order valence-corrected chi connectivity index (χ0v) is 12.5. The summed E-state index contributed by atoms with van der Waals surface area (Å²) in [6.45, 7) is 3.13. The third-order valence-corrected chi connectivity index (χ3v) is 4.04. The van der Waals surface area contributed by atoms with Crippen molar-refractivity contribution in [3.63, 3.8) is 0 Å². The molecule has 0 bridgehead atoms. The van der Waals surface area contributed by atoms with Gasteiger partial charge in [0.25, 0.3) is 0 Å². The standard InChI is InChI=1S/C15H27N3O/c1-4-14-13(11-18(3)17-14)15(16-2)9-5-7-12-8-6-10-19-12/h11-12,15-16H,4-10H2,1-3H3. The van der Waals surface area contributed by atoms with Crippen LogP contribution in [0.1, 0.15) is 56.3 Å². The zero-order chi connectivity index (χ0) is 13.7. The van der Waals surface area contributed by atoms with Gasteiger partial charge in [-0.15, -0.1) is 0 Å². The second-order valence-corrected chi connectivity index (χ2v) is 5.47. The first kappa shape index (κ1) is 14.5. The molecule has 2 atom stereocenters. The van der Waals surface area contributed by atoms with E-state index >= 15 is 0 Å². The van der Waals surface area contributed by atoms with Crippen molar-refractivity contribution in [3.05, 3.63) is 17.5 Å². The summed E-state index contributed by atoms with van der Waals surface area (Å²) in [7, 11) is 4.05. The molecular weight excluding hydrogens is 238 g/mol. The molecule has 1 fully saturated rings. The lowest BCUT2D eigenvalue weighted by molar-refractivity contribution is 0.101. The van der Waals surface area contributed by atoms with Crippen molar-refractivity contribution < 1.29 is 4.74 Å². The van der Waals surface area contributed by atoms with Gasteiger partial charge in [0.05, 0.1) is 11.8 Å². The van der Waals surface area contributed by atoms with Crippen LogP contribution in [0.5, 0.6) is 0 Å². The molecular formula is C15H27N3O. The average molecular weight is 265 g/mol. The van der Waals surface area contributed by atoms with Crippen LogP contribution < -0.4 is 5.32 Å². The van der Waals surface area contributed by atoms with Crippen molar-refractivity contribution >= 4 is 0 Å². The Balaban J connectivity index is 1.87. The van der Waals surface area contributed by atoms with E-state index in [1.807, 2.05) is 18.8 Å². The highest BCUT2D eigenvalue weighted by molar-refractivity contribution is 5.21. The van der Waals surface area contributed by atoms with E-state index in [0.29, 0.717) is 12.1 Å². The Hall–Kier alpha value is -0.870. The van der Waals surface area contributed by atoms with E-state index in [-0.39, 0.29) is 0 Å². The van der Waals surface area contributed by atoms with Gasteiger partial charge in [-0.1, -0.05) is 6.92 Å². The first-order valence-corrected chi connectivity index (χ1v) is 7.55. The molecule has 1 N–H and O–H groups in total. The molecule has 2 rings (SSSR count). The Kier molecular flexibility index (Phi) is 5.40. The minimum absolute atomic E-state index is 0.421. The van der Waals surface area contributed by atoms with Gasteiger partial charge in [-0.05, 0) is 45.6 Å². The summed E-state index contributed by atoms with van der Waals surface area (Å²) >= 11 is 0. The molecule has 19 heavy (non-hydrogen) atoms. The number of hydrogen-bond acceptors (Lipinski definition) is 3. The normalized spacial score (nSPS) is 20.9. The molecule has 4 nitrogen and oxygen atoms in total. The van der Waals surface area contributed by atoms with Crippen molar-refractivity contribution in [1.82, 2.24) is 15.1 Å². The number of rotatable bonds is 7. The molecule has 1 aromatic rings. The second kappa shape index (κ2) is 7.06. The third-order valence-electron chi connectivity index (χ3n) is 4.04. The first-order valence-electron chi connectivity index (χ1n) is 7.55. The van der Waals surface area contributed by atoms with Gasteiger partial charge in [0, 0.05) is 31.5 Å². The predicted octanol–water partition coefficient (Wildman–Crippen LogP) is 2.59. The Morgan fingerprint density at radius 3 is 3.05 bits per heavy atom. The lowest BCUT2D eigenvalue weighted by atomic mass is 9.99. The summed E-state index contributed by atoms with van der Waals surface area (Å²) < 4.78 is 7.62. The number of aryl methyl sites for hydroxylation is 2. The Bertz CT molecular complexity index is 383. The number of ether oxygens (including phenoxy) is 1. The molecule has 1 aromatic heterocycles. The quantitative estimate of drug-likeness (QED) is 0.823. The molecule has 2 unspecified atom stereocenters. The van der Waals surface area contributed by atoms with E-state index in [0.717, 1.165) is 19.4 Å². The molecule has 0 aliphatic carbocycles. The van der Waals surface area contributed by atoms with E-state index in [1.165, 1.54) is 36.9 Å². The monoisotopic (exact) mass is 265 g/mol. The highest BCUT2D eigenvalue weighted by Gasteiger charge is 2.18. The lowest BCUT2D eigenvalue weighted by Crippen LogP contribution is -2.18. The molecule has 0 amide bonds. The maximum atomic E-state index is 5.69. The maximum absolute atomic E-state index is 5.69. The summed E-state index contributed by atoms with van der Waals surface area (Å²) in [5.41, 5.74) is 2.58. The average Bonchev–Trinajstić information content (AvgIpc) is 3.04. The van der Waals surface area contributed by atoms with Crippen molar-refractivity contribution in [3.8, 4) is 0 Å². The van der Waals surface area contributed by atoms with Crippen LogP contribution in [0.3, 0.4) is 0 Å². The van der Waals surface area contributed by atoms with Crippen LogP contribution in [-0.2, 0) is 18.2 Å². The molecule has 1 aliphatic heterocycles. The van der Waals surface area contributed by atoms with Crippen LogP contribution in [-0.4, -0.2) is 29.5 Å². The number of aromatic nitrogens is 2. The van der Waals surface area contributed by atoms with Crippen molar-refractivity contribution in [2.45, 2.75) is 57.6 Å². The predicted molar refractivity (Wildman–Crippen MR) is 77.2 cm³/mol. The van der Waals surface area contributed by atoms with Crippen LogP contribution in [0.25, 0.3) is 0 Å². The van der Waals surface area contributed by atoms with E-state index in [4.69, 9.17) is 4.74 Å². The minimum Gasteiger partial charge on any atom is -0.378 e. The summed E-state index contributed by atoms with van der Waals surface area (Å²) in [6.07, 6.45) is 9.73. The third kappa shape index (κ3) is 3.80.